The Morgan fingerprint density at radius 1 is 1.36 bits per heavy atom. The molecule has 0 aromatic heterocycles. The maximum absolute atomic E-state index is 12.3. The number of nitrogens with zero attached hydrogens (tertiary/aromatic N) is 1. The Kier molecular flexibility index (Phi) is 5.26. The molecule has 1 aromatic rings. The number of carbonyl (C=O) groups is 3. The Morgan fingerprint density at radius 2 is 2.00 bits per heavy atom. The average Bonchev–Trinajstić information content (AvgIpc) is 2.75. The number of rotatable bonds is 4. The van der Waals surface area contributed by atoms with Gasteiger partial charge in [0, 0.05) is 5.02 Å². The van der Waals surface area contributed by atoms with Crippen LogP contribution in [0.1, 0.15) is 19.4 Å². The van der Waals surface area contributed by atoms with E-state index < -0.39 is 23.2 Å². The molecule has 2 rings (SSSR count). The minimum atomic E-state index is -0.941. The summed E-state index contributed by atoms with van der Waals surface area (Å²) in [6.07, 6.45) is 1.60. The third-order valence-corrected chi connectivity index (χ3v) is 4.14. The molecule has 5 nitrogen and oxygen atoms in total. The van der Waals surface area contributed by atoms with E-state index in [0.29, 0.717) is 5.02 Å². The lowest BCUT2D eigenvalue weighted by atomic mass is 10.2. The van der Waals surface area contributed by atoms with Crippen LogP contribution in [0, 0.1) is 0 Å². The molecule has 1 saturated heterocycles. The number of ether oxygens (including phenoxy) is 1. The maximum atomic E-state index is 12.3. The molecule has 1 aliphatic heterocycles. The summed E-state index contributed by atoms with van der Waals surface area (Å²) in [4.78, 5) is 37.2. The molecule has 116 valence electrons. The quantitative estimate of drug-likeness (QED) is 0.622. The van der Waals surface area contributed by atoms with Gasteiger partial charge in [0.05, 0.1) is 11.5 Å². The number of benzene rings is 1. The van der Waals surface area contributed by atoms with Gasteiger partial charge in [-0.25, -0.2) is 4.79 Å². The van der Waals surface area contributed by atoms with Gasteiger partial charge < -0.3 is 4.74 Å². The third-order valence-electron chi connectivity index (χ3n) is 3.01. The van der Waals surface area contributed by atoms with Crippen molar-refractivity contribution in [2.45, 2.75) is 19.9 Å². The average molecular weight is 340 g/mol. The van der Waals surface area contributed by atoms with Gasteiger partial charge in [0.15, 0.2) is 0 Å². The van der Waals surface area contributed by atoms with E-state index in [4.69, 9.17) is 16.3 Å². The second kappa shape index (κ2) is 6.98. The summed E-state index contributed by atoms with van der Waals surface area (Å²) in [6.45, 7) is 3.33. The van der Waals surface area contributed by atoms with Gasteiger partial charge in [0.1, 0.15) is 6.04 Å². The van der Waals surface area contributed by atoms with Gasteiger partial charge >= 0.3 is 5.97 Å². The number of halogens is 1. The smallest absolute Gasteiger partial charge is 0.329 e. The van der Waals surface area contributed by atoms with Gasteiger partial charge in [-0.1, -0.05) is 23.7 Å². The van der Waals surface area contributed by atoms with E-state index in [1.807, 2.05) is 0 Å². The zero-order valence-corrected chi connectivity index (χ0v) is 13.6. The first kappa shape index (κ1) is 16.6. The van der Waals surface area contributed by atoms with Crippen molar-refractivity contribution >= 4 is 46.6 Å². The molecule has 1 aromatic carbocycles. The van der Waals surface area contributed by atoms with Crippen LogP contribution in [0.5, 0.6) is 0 Å². The second-order valence-electron chi connectivity index (χ2n) is 4.53. The first-order valence-corrected chi connectivity index (χ1v) is 7.82. The zero-order valence-electron chi connectivity index (χ0n) is 12.0. The fourth-order valence-electron chi connectivity index (χ4n) is 1.89. The summed E-state index contributed by atoms with van der Waals surface area (Å²) >= 11 is 6.61. The van der Waals surface area contributed by atoms with Crippen LogP contribution < -0.4 is 0 Å². The lowest BCUT2D eigenvalue weighted by molar-refractivity contribution is -0.150. The van der Waals surface area contributed by atoms with Crippen LogP contribution in [-0.2, 0) is 14.3 Å². The van der Waals surface area contributed by atoms with Crippen molar-refractivity contribution in [3.8, 4) is 0 Å². The molecule has 7 heteroatoms. The molecule has 1 aliphatic rings. The highest BCUT2D eigenvalue weighted by atomic mass is 35.5. The SMILES string of the molecule is CCOC(=O)[C@@H](C)N1C(=O)S/C(=C/c2ccc(Cl)cc2)C1=O. The lowest BCUT2D eigenvalue weighted by Crippen LogP contribution is -2.42. The topological polar surface area (TPSA) is 63.7 Å². The Hall–Kier alpha value is -1.79. The highest BCUT2D eigenvalue weighted by Crippen LogP contribution is 2.33. The maximum Gasteiger partial charge on any atom is 0.329 e. The van der Waals surface area contributed by atoms with Crippen molar-refractivity contribution in [1.82, 2.24) is 4.90 Å². The Balaban J connectivity index is 2.21. The van der Waals surface area contributed by atoms with Crippen molar-refractivity contribution in [1.29, 1.82) is 0 Å². The highest BCUT2D eigenvalue weighted by molar-refractivity contribution is 8.18. The van der Waals surface area contributed by atoms with Crippen molar-refractivity contribution in [3.63, 3.8) is 0 Å². The standard InChI is InChI=1S/C15H14ClNO4S/c1-3-21-14(19)9(2)17-13(18)12(22-15(17)20)8-10-4-6-11(16)7-5-10/h4-9H,3H2,1-2H3/b12-8+/t9-/m1/s1. The van der Waals surface area contributed by atoms with E-state index in [2.05, 4.69) is 0 Å². The van der Waals surface area contributed by atoms with Crippen LogP contribution >= 0.6 is 23.4 Å². The van der Waals surface area contributed by atoms with Crippen LogP contribution in [0.4, 0.5) is 4.79 Å². The monoisotopic (exact) mass is 339 g/mol. The van der Waals surface area contributed by atoms with Gasteiger partial charge in [0.25, 0.3) is 11.1 Å². The molecule has 0 spiro atoms. The molecule has 1 atom stereocenters. The Morgan fingerprint density at radius 3 is 2.59 bits per heavy atom. The van der Waals surface area contributed by atoms with Gasteiger partial charge in [-0.2, -0.15) is 0 Å². The van der Waals surface area contributed by atoms with Crippen LogP contribution in [0.2, 0.25) is 5.02 Å². The number of thioether (sulfide) groups is 1. The summed E-state index contributed by atoms with van der Waals surface area (Å²) < 4.78 is 4.85. The van der Waals surface area contributed by atoms with Crippen molar-refractivity contribution in [2.24, 2.45) is 0 Å². The van der Waals surface area contributed by atoms with Crippen LogP contribution in [0.15, 0.2) is 29.2 Å². The highest BCUT2D eigenvalue weighted by Gasteiger charge is 2.41. The van der Waals surface area contributed by atoms with Crippen LogP contribution in [0.25, 0.3) is 6.08 Å². The van der Waals surface area contributed by atoms with Gasteiger partial charge in [0.2, 0.25) is 0 Å². The Bertz CT molecular complexity index is 641. The normalized spacial score (nSPS) is 18.0. The number of esters is 1. The first-order valence-electron chi connectivity index (χ1n) is 6.63. The zero-order chi connectivity index (χ0) is 16.3. The predicted molar refractivity (Wildman–Crippen MR) is 85.4 cm³/mol. The van der Waals surface area contributed by atoms with E-state index in [0.717, 1.165) is 22.2 Å². The lowest BCUT2D eigenvalue weighted by Gasteiger charge is -2.19. The molecule has 0 N–H and O–H groups in total. The van der Waals surface area contributed by atoms with Gasteiger partial charge in [-0.3, -0.25) is 14.5 Å². The number of amides is 2. The number of imide groups is 1. The molecule has 0 unspecified atom stereocenters. The summed E-state index contributed by atoms with van der Waals surface area (Å²) in [5.74, 6) is -1.09. The summed E-state index contributed by atoms with van der Waals surface area (Å²) in [5, 5.41) is 0.104. The molecule has 0 aliphatic carbocycles. The fourth-order valence-corrected chi connectivity index (χ4v) is 2.93. The number of hydrogen-bond donors (Lipinski definition) is 0. The third kappa shape index (κ3) is 3.51. The predicted octanol–water partition coefficient (Wildman–Crippen LogP) is 3.33. The van der Waals surface area contributed by atoms with Gasteiger partial charge in [-0.15, -0.1) is 0 Å². The molecule has 0 radical (unpaired) electrons. The van der Waals surface area contributed by atoms with E-state index in [1.165, 1.54) is 6.92 Å². The first-order chi connectivity index (χ1) is 10.4. The minimum Gasteiger partial charge on any atom is -0.464 e. The fraction of sp³-hybridized carbons (Fsp3) is 0.267. The molecule has 0 saturated carbocycles. The number of hydrogen-bond acceptors (Lipinski definition) is 5. The van der Waals surface area contributed by atoms with Crippen molar-refractivity contribution < 1.29 is 19.1 Å². The molecule has 2 amide bonds. The minimum absolute atomic E-state index is 0.194. The van der Waals surface area contributed by atoms with E-state index in [-0.39, 0.29) is 11.5 Å². The van der Waals surface area contributed by atoms with Crippen LogP contribution in [0.3, 0.4) is 0 Å². The van der Waals surface area contributed by atoms with Crippen molar-refractivity contribution in [3.05, 3.63) is 39.8 Å². The molecular weight excluding hydrogens is 326 g/mol. The van der Waals surface area contributed by atoms with E-state index in [1.54, 1.807) is 37.3 Å². The molecule has 22 heavy (non-hydrogen) atoms. The number of carbonyl (C=O) groups excluding carboxylic acids is 3. The summed E-state index contributed by atoms with van der Waals surface area (Å²) in [7, 11) is 0. The second-order valence-corrected chi connectivity index (χ2v) is 5.96. The van der Waals surface area contributed by atoms with E-state index in [9.17, 15) is 14.4 Å². The van der Waals surface area contributed by atoms with E-state index >= 15 is 0 Å². The molecule has 0 bridgehead atoms. The molecular formula is C15H14ClNO4S. The molecule has 1 heterocycles. The Labute approximate surface area is 137 Å². The molecule has 1 fully saturated rings. The summed E-state index contributed by atoms with van der Waals surface area (Å²) in [6, 6.07) is 5.93. The van der Waals surface area contributed by atoms with Crippen LogP contribution in [-0.4, -0.2) is 34.7 Å². The van der Waals surface area contributed by atoms with Crippen molar-refractivity contribution in [2.75, 3.05) is 6.61 Å². The largest absolute Gasteiger partial charge is 0.464 e. The summed E-state index contributed by atoms with van der Waals surface area (Å²) in [5.41, 5.74) is 0.749. The van der Waals surface area contributed by atoms with Gasteiger partial charge in [-0.05, 0) is 49.4 Å².